The molecule has 0 spiro atoms. The number of rotatable bonds is 7. The number of carboxylic acids is 1. The van der Waals surface area contributed by atoms with Gasteiger partial charge in [-0.25, -0.2) is 0 Å². The van der Waals surface area contributed by atoms with Gasteiger partial charge in [0.25, 0.3) is 0 Å². The number of nitro benzene ring substituents is 1. The first-order valence-corrected chi connectivity index (χ1v) is 5.69. The molecule has 0 saturated heterocycles. The van der Waals surface area contributed by atoms with Crippen LogP contribution in [0.25, 0.3) is 0 Å². The van der Waals surface area contributed by atoms with E-state index in [1.54, 1.807) is 13.0 Å². The second kappa shape index (κ2) is 6.58. The maximum atomic E-state index is 11.0. The molecule has 0 amide bonds. The molecule has 1 rings (SSSR count). The van der Waals surface area contributed by atoms with E-state index in [9.17, 15) is 14.9 Å². The molecule has 7 heteroatoms. The highest BCUT2D eigenvalue weighted by Gasteiger charge is 2.22. The number of methoxy groups -OCH3 is 1. The van der Waals surface area contributed by atoms with Crippen molar-refractivity contribution in [3.63, 3.8) is 0 Å². The van der Waals surface area contributed by atoms with Gasteiger partial charge in [-0.15, -0.1) is 0 Å². The summed E-state index contributed by atoms with van der Waals surface area (Å²) in [5.74, 6) is -0.666. The van der Waals surface area contributed by atoms with Crippen LogP contribution in [0.5, 0.6) is 11.5 Å². The number of aryl methyl sites for hydroxylation is 1. The Balaban J connectivity index is 3.19. The molecule has 1 aromatic rings. The third-order valence-electron chi connectivity index (χ3n) is 2.43. The van der Waals surface area contributed by atoms with Gasteiger partial charge in [0.1, 0.15) is 0 Å². The lowest BCUT2D eigenvalue weighted by Gasteiger charge is -2.11. The zero-order valence-corrected chi connectivity index (χ0v) is 10.7. The first kappa shape index (κ1) is 14.7. The van der Waals surface area contributed by atoms with E-state index in [2.05, 4.69) is 0 Å². The second-order valence-electron chi connectivity index (χ2n) is 3.73. The average molecular weight is 269 g/mol. The highest BCUT2D eigenvalue weighted by molar-refractivity contribution is 5.67. The van der Waals surface area contributed by atoms with Crippen LogP contribution in [-0.2, 0) is 11.2 Å². The fraction of sp³-hybridized carbons (Fsp3) is 0.417. The summed E-state index contributed by atoms with van der Waals surface area (Å²) in [6.07, 6.45) is 0.0905. The molecular formula is C12H15NO6. The fourth-order valence-corrected chi connectivity index (χ4v) is 1.62. The number of carbonyl (C=O) groups is 1. The minimum atomic E-state index is -0.962. The Morgan fingerprint density at radius 3 is 2.63 bits per heavy atom. The van der Waals surface area contributed by atoms with Crippen LogP contribution in [0.2, 0.25) is 0 Å². The standard InChI is InChI=1S/C12H15NO6/c1-3-19-12-9(13(16)17)6-8(4-5-11(14)15)7-10(12)18-2/h6-7H,3-5H2,1-2H3,(H,14,15). The number of carboxylic acid groups (broad SMARTS) is 1. The van der Waals surface area contributed by atoms with Crippen molar-refractivity contribution >= 4 is 11.7 Å². The van der Waals surface area contributed by atoms with Gasteiger partial charge in [0.2, 0.25) is 5.75 Å². The highest BCUT2D eigenvalue weighted by Crippen LogP contribution is 2.38. The molecule has 0 bridgehead atoms. The molecule has 0 aliphatic rings. The van der Waals surface area contributed by atoms with Crippen LogP contribution >= 0.6 is 0 Å². The van der Waals surface area contributed by atoms with Crippen LogP contribution in [0, 0.1) is 10.1 Å². The Kier molecular flexibility index (Phi) is 5.11. The lowest BCUT2D eigenvalue weighted by Crippen LogP contribution is -2.03. The first-order chi connectivity index (χ1) is 8.99. The molecule has 0 fully saturated rings. The van der Waals surface area contributed by atoms with Crippen LogP contribution in [0.1, 0.15) is 18.9 Å². The van der Waals surface area contributed by atoms with Gasteiger partial charge in [-0.05, 0) is 25.0 Å². The van der Waals surface area contributed by atoms with E-state index in [1.807, 2.05) is 0 Å². The van der Waals surface area contributed by atoms with Crippen molar-refractivity contribution in [2.45, 2.75) is 19.8 Å². The quantitative estimate of drug-likeness (QED) is 0.600. The Morgan fingerprint density at radius 2 is 2.16 bits per heavy atom. The molecule has 19 heavy (non-hydrogen) atoms. The van der Waals surface area contributed by atoms with E-state index in [0.717, 1.165) is 0 Å². The molecule has 104 valence electrons. The predicted molar refractivity (Wildman–Crippen MR) is 66.8 cm³/mol. The summed E-state index contributed by atoms with van der Waals surface area (Å²) in [6.45, 7) is 1.98. The molecule has 0 atom stereocenters. The van der Waals surface area contributed by atoms with E-state index < -0.39 is 10.9 Å². The third-order valence-corrected chi connectivity index (χ3v) is 2.43. The Bertz CT molecular complexity index is 485. The molecule has 0 aliphatic carbocycles. The molecule has 0 aliphatic heterocycles. The number of benzene rings is 1. The third kappa shape index (κ3) is 3.84. The number of ether oxygens (including phenoxy) is 2. The summed E-state index contributed by atoms with van der Waals surface area (Å²) in [5.41, 5.74) is 0.302. The first-order valence-electron chi connectivity index (χ1n) is 5.69. The van der Waals surface area contributed by atoms with E-state index in [4.69, 9.17) is 14.6 Å². The lowest BCUT2D eigenvalue weighted by atomic mass is 10.1. The molecular weight excluding hydrogens is 254 g/mol. The summed E-state index contributed by atoms with van der Waals surface area (Å²) in [5, 5.41) is 19.6. The molecule has 0 heterocycles. The van der Waals surface area contributed by atoms with E-state index in [0.29, 0.717) is 5.56 Å². The lowest BCUT2D eigenvalue weighted by molar-refractivity contribution is -0.386. The topological polar surface area (TPSA) is 98.9 Å². The van der Waals surface area contributed by atoms with Crippen molar-refractivity contribution in [3.05, 3.63) is 27.8 Å². The smallest absolute Gasteiger partial charge is 0.315 e. The minimum absolute atomic E-state index is 0.0640. The Labute approximate surface area is 109 Å². The Hall–Kier alpha value is -2.31. The van der Waals surface area contributed by atoms with Gasteiger partial charge >= 0.3 is 11.7 Å². The Morgan fingerprint density at radius 1 is 1.47 bits per heavy atom. The average Bonchev–Trinajstić information content (AvgIpc) is 2.36. The van der Waals surface area contributed by atoms with Crippen molar-refractivity contribution in [3.8, 4) is 11.5 Å². The summed E-state index contributed by atoms with van der Waals surface area (Å²) < 4.78 is 10.3. The van der Waals surface area contributed by atoms with Crippen molar-refractivity contribution in [2.75, 3.05) is 13.7 Å². The second-order valence-corrected chi connectivity index (χ2v) is 3.73. The van der Waals surface area contributed by atoms with Crippen LogP contribution in [0.3, 0.4) is 0 Å². The minimum Gasteiger partial charge on any atom is -0.493 e. The molecule has 1 aromatic carbocycles. The normalized spacial score (nSPS) is 10.0. The van der Waals surface area contributed by atoms with Crippen molar-refractivity contribution < 1.29 is 24.3 Å². The molecule has 0 saturated carbocycles. The number of hydrogen-bond donors (Lipinski definition) is 1. The summed E-state index contributed by atoms with van der Waals surface area (Å²) >= 11 is 0. The van der Waals surface area contributed by atoms with Crippen molar-refractivity contribution in [2.24, 2.45) is 0 Å². The van der Waals surface area contributed by atoms with Crippen LogP contribution < -0.4 is 9.47 Å². The van der Waals surface area contributed by atoms with Crippen LogP contribution in [0.4, 0.5) is 5.69 Å². The number of hydrogen-bond acceptors (Lipinski definition) is 5. The van der Waals surface area contributed by atoms with Crippen molar-refractivity contribution in [1.29, 1.82) is 0 Å². The molecule has 7 nitrogen and oxygen atoms in total. The van der Waals surface area contributed by atoms with Gasteiger partial charge in [-0.3, -0.25) is 14.9 Å². The number of aliphatic carboxylic acids is 1. The van der Waals surface area contributed by atoms with E-state index in [-0.39, 0.29) is 36.6 Å². The monoisotopic (exact) mass is 269 g/mol. The molecule has 0 radical (unpaired) electrons. The fourth-order valence-electron chi connectivity index (χ4n) is 1.62. The van der Waals surface area contributed by atoms with Crippen LogP contribution in [0.15, 0.2) is 12.1 Å². The van der Waals surface area contributed by atoms with Gasteiger partial charge in [0.15, 0.2) is 5.75 Å². The molecule has 1 N–H and O–H groups in total. The molecule has 0 unspecified atom stereocenters. The SMILES string of the molecule is CCOc1c(OC)cc(CCC(=O)O)cc1[N+](=O)[O-]. The van der Waals surface area contributed by atoms with E-state index in [1.165, 1.54) is 13.2 Å². The van der Waals surface area contributed by atoms with Gasteiger partial charge in [0, 0.05) is 12.5 Å². The number of nitro groups is 1. The van der Waals surface area contributed by atoms with Gasteiger partial charge in [0.05, 0.1) is 18.6 Å². The summed E-state index contributed by atoms with van der Waals surface area (Å²) in [7, 11) is 1.38. The van der Waals surface area contributed by atoms with Gasteiger partial charge in [-0.2, -0.15) is 0 Å². The summed E-state index contributed by atoms with van der Waals surface area (Å²) in [4.78, 5) is 21.0. The summed E-state index contributed by atoms with van der Waals surface area (Å²) in [6, 6.07) is 2.87. The maximum absolute atomic E-state index is 11.0. The zero-order valence-electron chi connectivity index (χ0n) is 10.7. The van der Waals surface area contributed by atoms with Gasteiger partial charge < -0.3 is 14.6 Å². The van der Waals surface area contributed by atoms with Crippen molar-refractivity contribution in [1.82, 2.24) is 0 Å². The zero-order chi connectivity index (χ0) is 14.4. The molecule has 0 aromatic heterocycles. The maximum Gasteiger partial charge on any atom is 0.315 e. The number of nitrogens with zero attached hydrogens (tertiary/aromatic N) is 1. The largest absolute Gasteiger partial charge is 0.493 e. The van der Waals surface area contributed by atoms with Crippen LogP contribution in [-0.4, -0.2) is 29.7 Å². The predicted octanol–water partition coefficient (Wildman–Crippen LogP) is 2.02. The van der Waals surface area contributed by atoms with Gasteiger partial charge in [-0.1, -0.05) is 0 Å². The highest BCUT2D eigenvalue weighted by atomic mass is 16.6. The van der Waals surface area contributed by atoms with E-state index >= 15 is 0 Å².